The van der Waals surface area contributed by atoms with Gasteiger partial charge in [0.05, 0.1) is 6.61 Å². The van der Waals surface area contributed by atoms with E-state index in [1.165, 1.54) is 0 Å². The SMILES string of the molecule is CC(=O)O.CC(=O)O.CC(=O)O.NCCNCCO.[NaH].[NaH]. The second-order valence-corrected chi connectivity index (χ2v) is 2.82. The van der Waals surface area contributed by atoms with E-state index >= 15 is 0 Å². The Morgan fingerprint density at radius 1 is 0.857 bits per heavy atom. The number of rotatable bonds is 4. The van der Waals surface area contributed by atoms with Crippen LogP contribution in [-0.2, 0) is 14.4 Å². The van der Waals surface area contributed by atoms with Crippen LogP contribution >= 0.6 is 0 Å². The molecule has 0 heterocycles. The van der Waals surface area contributed by atoms with E-state index in [-0.39, 0.29) is 65.7 Å². The van der Waals surface area contributed by atoms with Gasteiger partial charge in [-0.3, -0.25) is 14.4 Å². The molecule has 0 saturated heterocycles. The van der Waals surface area contributed by atoms with Gasteiger partial charge in [0.1, 0.15) is 0 Å². The van der Waals surface area contributed by atoms with E-state index in [0.29, 0.717) is 13.1 Å². The van der Waals surface area contributed by atoms with E-state index in [1.807, 2.05) is 0 Å². The second kappa shape index (κ2) is 37.0. The standard InChI is InChI=1S/C4H12N2O.3C2H4O2.2Na.2H/c5-1-2-6-3-4-7;3*1-2(3)4;;;;/h6-7H,1-5H2;3*1H3,(H,3,4);;;;. The average molecular weight is 332 g/mol. The summed E-state index contributed by atoms with van der Waals surface area (Å²) >= 11 is 0. The maximum atomic E-state index is 9.00. The van der Waals surface area contributed by atoms with E-state index < -0.39 is 17.9 Å². The molecule has 0 aromatic rings. The Morgan fingerprint density at radius 2 is 1.10 bits per heavy atom. The molecule has 0 aliphatic heterocycles. The molecule has 0 bridgehead atoms. The molecule has 9 nitrogen and oxygen atoms in total. The number of aliphatic hydroxyl groups excluding tert-OH is 1. The van der Waals surface area contributed by atoms with Crippen LogP contribution < -0.4 is 11.1 Å². The minimum absolute atomic E-state index is 0. The molecule has 0 aliphatic rings. The quantitative estimate of drug-likeness (QED) is 0.240. The van der Waals surface area contributed by atoms with Crippen molar-refractivity contribution >= 4 is 77.0 Å². The average Bonchev–Trinajstić information content (AvgIpc) is 2.15. The summed E-state index contributed by atoms with van der Waals surface area (Å²) in [5, 5.41) is 33.3. The van der Waals surface area contributed by atoms with Gasteiger partial charge in [-0.25, -0.2) is 0 Å². The molecule has 0 spiro atoms. The Balaban J connectivity index is -0.0000000359. The fourth-order valence-electron chi connectivity index (χ4n) is 0.306. The number of aliphatic hydroxyl groups is 1. The van der Waals surface area contributed by atoms with Gasteiger partial charge in [0, 0.05) is 40.4 Å². The normalized spacial score (nSPS) is 6.71. The second-order valence-electron chi connectivity index (χ2n) is 2.82. The Labute approximate surface area is 168 Å². The first-order valence-corrected chi connectivity index (χ1v) is 5.21. The van der Waals surface area contributed by atoms with Crippen LogP contribution in [0.25, 0.3) is 0 Å². The van der Waals surface area contributed by atoms with Gasteiger partial charge in [0.15, 0.2) is 0 Å². The van der Waals surface area contributed by atoms with Crippen molar-refractivity contribution in [1.82, 2.24) is 5.32 Å². The first-order chi connectivity index (χ1) is 8.61. The van der Waals surface area contributed by atoms with Crippen LogP contribution in [0.15, 0.2) is 0 Å². The number of carboxylic acids is 3. The Kier molecular flexibility index (Phi) is 66.0. The number of carbonyl (C=O) groups is 3. The molecule has 11 heteroatoms. The number of nitrogens with two attached hydrogens (primary N) is 1. The van der Waals surface area contributed by atoms with Gasteiger partial charge in [-0.2, -0.15) is 0 Å². The van der Waals surface area contributed by atoms with Crippen LogP contribution in [0.2, 0.25) is 0 Å². The number of nitrogens with one attached hydrogen (secondary N) is 1. The number of hydrogen-bond donors (Lipinski definition) is 6. The van der Waals surface area contributed by atoms with Crippen molar-refractivity contribution in [2.75, 3.05) is 26.2 Å². The Hall–Kier alpha value is 0.290. The van der Waals surface area contributed by atoms with E-state index in [2.05, 4.69) is 5.32 Å². The predicted molar refractivity (Wildman–Crippen MR) is 83.2 cm³/mol. The summed E-state index contributed by atoms with van der Waals surface area (Å²) in [7, 11) is 0. The van der Waals surface area contributed by atoms with E-state index in [4.69, 9.17) is 40.5 Å². The summed E-state index contributed by atoms with van der Waals surface area (Å²) in [5.41, 5.74) is 5.13. The summed E-state index contributed by atoms with van der Waals surface area (Å²) in [4.78, 5) is 27.0. The molecule has 0 radical (unpaired) electrons. The van der Waals surface area contributed by atoms with Crippen molar-refractivity contribution in [1.29, 1.82) is 0 Å². The van der Waals surface area contributed by atoms with E-state index in [0.717, 1.165) is 27.3 Å². The van der Waals surface area contributed by atoms with Gasteiger partial charge in [0.25, 0.3) is 17.9 Å². The van der Waals surface area contributed by atoms with Gasteiger partial charge in [0.2, 0.25) is 0 Å². The molecule has 0 amide bonds. The minimum atomic E-state index is -0.833. The third-order valence-electron chi connectivity index (χ3n) is 0.610. The predicted octanol–water partition coefficient (Wildman–Crippen LogP) is -2.50. The van der Waals surface area contributed by atoms with Gasteiger partial charge in [-0.05, 0) is 0 Å². The summed E-state index contributed by atoms with van der Waals surface area (Å²) in [5.74, 6) is -2.50. The summed E-state index contributed by atoms with van der Waals surface area (Å²) in [6.07, 6.45) is 0. The van der Waals surface area contributed by atoms with Crippen molar-refractivity contribution < 1.29 is 34.8 Å². The zero-order chi connectivity index (χ0) is 16.3. The third kappa shape index (κ3) is 369. The fourth-order valence-corrected chi connectivity index (χ4v) is 0.306. The molecule has 0 aliphatic carbocycles. The zero-order valence-electron chi connectivity index (χ0n) is 11.4. The van der Waals surface area contributed by atoms with Crippen LogP contribution in [0, 0.1) is 0 Å². The van der Waals surface area contributed by atoms with Crippen molar-refractivity contribution in [2.45, 2.75) is 20.8 Å². The van der Waals surface area contributed by atoms with Crippen LogP contribution in [-0.4, -0.2) is 124 Å². The van der Waals surface area contributed by atoms with E-state index in [9.17, 15) is 0 Å². The molecule has 0 unspecified atom stereocenters. The molecule has 0 aromatic heterocycles. The molecule has 21 heavy (non-hydrogen) atoms. The van der Waals surface area contributed by atoms with Crippen LogP contribution in [0.1, 0.15) is 20.8 Å². The molecule has 0 aromatic carbocycles. The first-order valence-electron chi connectivity index (χ1n) is 5.21. The van der Waals surface area contributed by atoms with Crippen LogP contribution in [0.3, 0.4) is 0 Å². The summed E-state index contributed by atoms with van der Waals surface area (Å²) in [6.45, 7) is 5.53. The zero-order valence-corrected chi connectivity index (χ0v) is 11.4. The molecular formula is C10H26N2Na2O7. The van der Waals surface area contributed by atoms with Crippen molar-refractivity contribution in [3.63, 3.8) is 0 Å². The summed E-state index contributed by atoms with van der Waals surface area (Å²) < 4.78 is 0. The molecule has 0 fully saturated rings. The Morgan fingerprint density at radius 3 is 1.24 bits per heavy atom. The number of aliphatic carboxylic acids is 3. The van der Waals surface area contributed by atoms with Crippen molar-refractivity contribution in [2.24, 2.45) is 5.73 Å². The molecule has 7 N–H and O–H groups in total. The van der Waals surface area contributed by atoms with Crippen molar-refractivity contribution in [3.8, 4) is 0 Å². The molecule has 0 atom stereocenters. The van der Waals surface area contributed by atoms with E-state index in [1.54, 1.807) is 0 Å². The fraction of sp³-hybridized carbons (Fsp3) is 0.700. The van der Waals surface area contributed by atoms with Crippen LogP contribution in [0.4, 0.5) is 0 Å². The summed E-state index contributed by atoms with van der Waals surface area (Å²) in [6, 6.07) is 0. The maximum absolute atomic E-state index is 9.00. The Bertz CT molecular complexity index is 187. The molecule has 0 saturated carbocycles. The first kappa shape index (κ1) is 37.5. The number of hydrogen-bond acceptors (Lipinski definition) is 6. The number of carboxylic acid groups (broad SMARTS) is 3. The van der Waals surface area contributed by atoms with Gasteiger partial charge in [-0.1, -0.05) is 0 Å². The van der Waals surface area contributed by atoms with Crippen molar-refractivity contribution in [3.05, 3.63) is 0 Å². The van der Waals surface area contributed by atoms with Crippen LogP contribution in [0.5, 0.6) is 0 Å². The molecular weight excluding hydrogens is 306 g/mol. The third-order valence-corrected chi connectivity index (χ3v) is 0.610. The van der Waals surface area contributed by atoms with Gasteiger partial charge >= 0.3 is 59.1 Å². The topological polar surface area (TPSA) is 170 Å². The van der Waals surface area contributed by atoms with Gasteiger partial charge < -0.3 is 31.5 Å². The molecule has 120 valence electrons. The molecule has 0 rings (SSSR count). The monoisotopic (exact) mass is 332 g/mol. The van der Waals surface area contributed by atoms with Gasteiger partial charge in [-0.15, -0.1) is 0 Å².